The lowest BCUT2D eigenvalue weighted by molar-refractivity contribution is -0.113. The molecule has 1 heterocycles. The quantitative estimate of drug-likeness (QED) is 0.613. The maximum atomic E-state index is 12.0. The normalized spacial score (nSPS) is 10.3. The topological polar surface area (TPSA) is 94.3 Å². The first-order chi connectivity index (χ1) is 11.1. The van der Waals surface area contributed by atoms with Gasteiger partial charge in [0.2, 0.25) is 11.8 Å². The number of para-hydroxylation sites is 1. The smallest absolute Gasteiger partial charge is 0.339 e. The first-order valence-corrected chi connectivity index (χ1v) is 8.05. The van der Waals surface area contributed by atoms with Gasteiger partial charge in [0.05, 0.1) is 24.1 Å². The third-order valence-electron chi connectivity index (χ3n) is 2.85. The van der Waals surface area contributed by atoms with E-state index in [-0.39, 0.29) is 11.7 Å². The molecule has 0 aliphatic rings. The number of amides is 1. The Labute approximate surface area is 137 Å². The van der Waals surface area contributed by atoms with Crippen LogP contribution in [-0.4, -0.2) is 34.9 Å². The number of hydrogen-bond acceptors (Lipinski definition) is 7. The average molecular weight is 335 g/mol. The minimum absolute atomic E-state index is 0.100. The van der Waals surface area contributed by atoms with Crippen LogP contribution in [-0.2, 0) is 16.0 Å². The van der Waals surface area contributed by atoms with Gasteiger partial charge in [0.25, 0.3) is 5.22 Å². The van der Waals surface area contributed by atoms with Crippen molar-refractivity contribution in [3.05, 3.63) is 35.7 Å². The summed E-state index contributed by atoms with van der Waals surface area (Å²) in [6.07, 6.45) is 1.63. The lowest BCUT2D eigenvalue weighted by atomic mass is 10.2. The monoisotopic (exact) mass is 335 g/mol. The summed E-state index contributed by atoms with van der Waals surface area (Å²) >= 11 is 1.15. The van der Waals surface area contributed by atoms with E-state index in [4.69, 9.17) is 4.42 Å². The minimum atomic E-state index is -0.505. The number of carbonyl (C=O) groups excluding carboxylic acids is 2. The molecular formula is C15H17N3O4S. The summed E-state index contributed by atoms with van der Waals surface area (Å²) in [6.45, 7) is 2.02. The SMILES string of the molecule is CCCc1nnc(SCC(=O)Nc2ccccc2C(=O)OC)o1. The molecule has 1 aromatic carbocycles. The van der Waals surface area contributed by atoms with Crippen LogP contribution in [0.3, 0.4) is 0 Å². The number of aromatic nitrogens is 2. The molecule has 122 valence electrons. The van der Waals surface area contributed by atoms with Crippen molar-refractivity contribution in [2.24, 2.45) is 0 Å². The van der Waals surface area contributed by atoms with E-state index in [1.807, 2.05) is 6.92 Å². The number of anilines is 1. The zero-order valence-electron chi connectivity index (χ0n) is 12.9. The summed E-state index contributed by atoms with van der Waals surface area (Å²) in [4.78, 5) is 23.7. The van der Waals surface area contributed by atoms with Gasteiger partial charge in [-0.15, -0.1) is 10.2 Å². The molecule has 0 bridgehead atoms. The number of esters is 1. The maximum Gasteiger partial charge on any atom is 0.339 e. The van der Waals surface area contributed by atoms with Gasteiger partial charge >= 0.3 is 5.97 Å². The predicted octanol–water partition coefficient (Wildman–Crippen LogP) is 2.54. The number of methoxy groups -OCH3 is 1. The summed E-state index contributed by atoms with van der Waals surface area (Å²) in [6, 6.07) is 6.65. The fourth-order valence-electron chi connectivity index (χ4n) is 1.81. The zero-order valence-corrected chi connectivity index (χ0v) is 13.7. The van der Waals surface area contributed by atoms with E-state index in [0.717, 1.165) is 18.2 Å². The van der Waals surface area contributed by atoms with E-state index in [2.05, 4.69) is 20.3 Å². The molecule has 2 aromatic rings. The second kappa shape index (κ2) is 8.33. The molecule has 8 heteroatoms. The van der Waals surface area contributed by atoms with Gasteiger partial charge in [0.1, 0.15) is 0 Å². The van der Waals surface area contributed by atoms with Crippen molar-refractivity contribution in [3.63, 3.8) is 0 Å². The third-order valence-corrected chi connectivity index (χ3v) is 3.66. The van der Waals surface area contributed by atoms with E-state index in [0.29, 0.717) is 28.8 Å². The number of nitrogens with one attached hydrogen (secondary N) is 1. The van der Waals surface area contributed by atoms with Crippen molar-refractivity contribution in [2.45, 2.75) is 25.0 Å². The highest BCUT2D eigenvalue weighted by molar-refractivity contribution is 7.99. The van der Waals surface area contributed by atoms with Crippen molar-refractivity contribution in [3.8, 4) is 0 Å². The van der Waals surface area contributed by atoms with Crippen LogP contribution in [0.15, 0.2) is 33.9 Å². The second-order valence-corrected chi connectivity index (χ2v) is 5.51. The number of hydrogen-bond donors (Lipinski definition) is 1. The molecule has 0 aliphatic heterocycles. The minimum Gasteiger partial charge on any atom is -0.465 e. The van der Waals surface area contributed by atoms with Crippen molar-refractivity contribution in [1.82, 2.24) is 10.2 Å². The number of rotatable bonds is 7. The van der Waals surface area contributed by atoms with Gasteiger partial charge in [-0.3, -0.25) is 4.79 Å². The largest absolute Gasteiger partial charge is 0.465 e. The molecule has 1 amide bonds. The Hall–Kier alpha value is -2.35. The Kier molecular flexibility index (Phi) is 6.16. The first kappa shape index (κ1) is 17.0. The highest BCUT2D eigenvalue weighted by Gasteiger charge is 2.14. The van der Waals surface area contributed by atoms with Crippen LogP contribution in [0.1, 0.15) is 29.6 Å². The van der Waals surface area contributed by atoms with Crippen LogP contribution in [0.5, 0.6) is 0 Å². The summed E-state index contributed by atoms with van der Waals surface area (Å²) in [5.41, 5.74) is 0.707. The Morgan fingerprint density at radius 3 is 2.83 bits per heavy atom. The third kappa shape index (κ3) is 4.82. The van der Waals surface area contributed by atoms with Gasteiger partial charge in [-0.25, -0.2) is 4.79 Å². The molecule has 0 atom stereocenters. The Morgan fingerprint density at radius 2 is 2.09 bits per heavy atom. The first-order valence-electron chi connectivity index (χ1n) is 7.06. The van der Waals surface area contributed by atoms with E-state index < -0.39 is 5.97 Å². The Morgan fingerprint density at radius 1 is 1.30 bits per heavy atom. The highest BCUT2D eigenvalue weighted by Crippen LogP contribution is 2.19. The number of thioether (sulfide) groups is 1. The molecule has 23 heavy (non-hydrogen) atoms. The van der Waals surface area contributed by atoms with Gasteiger partial charge in [0.15, 0.2) is 0 Å². The number of ether oxygens (including phenoxy) is 1. The fraction of sp³-hybridized carbons (Fsp3) is 0.333. The van der Waals surface area contributed by atoms with Crippen molar-refractivity contribution < 1.29 is 18.7 Å². The van der Waals surface area contributed by atoms with Gasteiger partial charge < -0.3 is 14.5 Å². The van der Waals surface area contributed by atoms with Crippen LogP contribution in [0.2, 0.25) is 0 Å². The summed E-state index contributed by atoms with van der Waals surface area (Å²) in [5, 5.41) is 10.8. The second-order valence-electron chi connectivity index (χ2n) is 4.59. The van der Waals surface area contributed by atoms with E-state index >= 15 is 0 Å². The standard InChI is InChI=1S/C15H17N3O4S/c1-3-6-13-17-18-15(22-13)23-9-12(19)16-11-8-5-4-7-10(11)14(20)21-2/h4-5,7-8H,3,6,9H2,1-2H3,(H,16,19). The molecular weight excluding hydrogens is 318 g/mol. The lowest BCUT2D eigenvalue weighted by Gasteiger charge is -2.08. The molecule has 1 aromatic heterocycles. The van der Waals surface area contributed by atoms with Gasteiger partial charge in [-0.05, 0) is 18.6 Å². The molecule has 0 spiro atoms. The summed E-state index contributed by atoms with van der Waals surface area (Å²) < 4.78 is 10.1. The Balaban J connectivity index is 1.93. The van der Waals surface area contributed by atoms with E-state index in [9.17, 15) is 9.59 Å². The molecule has 2 rings (SSSR count). The van der Waals surface area contributed by atoms with Gasteiger partial charge in [-0.1, -0.05) is 30.8 Å². The van der Waals surface area contributed by atoms with Crippen molar-refractivity contribution in [1.29, 1.82) is 0 Å². The fourth-order valence-corrected chi connectivity index (χ4v) is 2.39. The number of aryl methyl sites for hydroxylation is 1. The van der Waals surface area contributed by atoms with Crippen molar-refractivity contribution in [2.75, 3.05) is 18.2 Å². The lowest BCUT2D eigenvalue weighted by Crippen LogP contribution is -2.17. The highest BCUT2D eigenvalue weighted by atomic mass is 32.2. The van der Waals surface area contributed by atoms with Crippen LogP contribution in [0, 0.1) is 0 Å². The average Bonchev–Trinajstić information content (AvgIpc) is 3.01. The molecule has 1 N–H and O–H groups in total. The number of nitrogens with zero attached hydrogens (tertiary/aromatic N) is 2. The van der Waals surface area contributed by atoms with E-state index in [1.165, 1.54) is 7.11 Å². The van der Waals surface area contributed by atoms with Crippen LogP contribution in [0.25, 0.3) is 0 Å². The van der Waals surface area contributed by atoms with Gasteiger partial charge in [-0.2, -0.15) is 0 Å². The maximum absolute atomic E-state index is 12.0. The number of benzene rings is 1. The van der Waals surface area contributed by atoms with Crippen LogP contribution >= 0.6 is 11.8 Å². The van der Waals surface area contributed by atoms with Gasteiger partial charge in [0, 0.05) is 6.42 Å². The zero-order chi connectivity index (χ0) is 16.7. The molecule has 0 aliphatic carbocycles. The van der Waals surface area contributed by atoms with E-state index in [1.54, 1.807) is 24.3 Å². The molecule has 7 nitrogen and oxygen atoms in total. The summed E-state index contributed by atoms with van der Waals surface area (Å²) in [5.74, 6) is -0.119. The van der Waals surface area contributed by atoms with Crippen LogP contribution < -0.4 is 5.32 Å². The summed E-state index contributed by atoms with van der Waals surface area (Å²) in [7, 11) is 1.29. The van der Waals surface area contributed by atoms with Crippen LogP contribution in [0.4, 0.5) is 5.69 Å². The molecule has 0 radical (unpaired) electrons. The van der Waals surface area contributed by atoms with Crippen molar-refractivity contribution >= 4 is 29.3 Å². The molecule has 0 fully saturated rings. The Bertz CT molecular complexity index is 687. The molecule has 0 saturated carbocycles. The number of carbonyl (C=O) groups is 2. The molecule has 0 saturated heterocycles. The predicted molar refractivity (Wildman–Crippen MR) is 85.4 cm³/mol. The molecule has 0 unspecified atom stereocenters.